The van der Waals surface area contributed by atoms with Crippen molar-refractivity contribution in [2.75, 3.05) is 11.5 Å². The van der Waals surface area contributed by atoms with Gasteiger partial charge in [0.2, 0.25) is 11.5 Å². The number of nitrogens with two attached hydrogens (primary N) is 2. The summed E-state index contributed by atoms with van der Waals surface area (Å²) in [5.74, 6) is -2.05. The Balaban J connectivity index is 1.49. The maximum Gasteiger partial charge on any atom is 0.352 e. The monoisotopic (exact) mass is 503 g/mol. The second-order valence-corrected chi connectivity index (χ2v) is 9.37. The normalized spacial score (nSPS) is 20.0. The Hall–Kier alpha value is -3.49. The van der Waals surface area contributed by atoms with Crippen LogP contribution in [0.1, 0.15) is 23.9 Å². The first kappa shape index (κ1) is 23.7. The molecular weight excluding hydrogens is 482 g/mol. The van der Waals surface area contributed by atoms with Gasteiger partial charge >= 0.3 is 5.97 Å². The van der Waals surface area contributed by atoms with E-state index in [9.17, 15) is 19.5 Å². The van der Waals surface area contributed by atoms with Crippen molar-refractivity contribution in [1.29, 1.82) is 0 Å². The van der Waals surface area contributed by atoms with Crippen LogP contribution in [0.25, 0.3) is 0 Å². The van der Waals surface area contributed by atoms with Crippen molar-refractivity contribution >= 4 is 51.9 Å². The second kappa shape index (κ2) is 9.79. The highest BCUT2D eigenvalue weighted by atomic mass is 32.2. The molecule has 2 atom stereocenters. The first-order chi connectivity index (χ1) is 16.3. The van der Waals surface area contributed by atoms with Gasteiger partial charge in [-0.3, -0.25) is 14.5 Å². The van der Waals surface area contributed by atoms with Crippen molar-refractivity contribution in [2.45, 2.75) is 31.5 Å². The molecule has 0 spiro atoms. The topological polar surface area (TPSA) is 186 Å². The van der Waals surface area contributed by atoms with Gasteiger partial charge < -0.3 is 26.7 Å². The number of amides is 2. The standard InChI is InChI=1S/C20H21N7O5S2/c1-9-8-33-18-13(17(29)27(18)14(9)19(30)31)23-16(28)12(15-24-20(22)34-26-15)25-32-7-11-4-2-10(6-21)3-5-11/h2-5,13,18H,6-8,21H2,1H3,(H,23,28)(H,30,31)(H2,22,24,26)/t13?,18-/m0/s1. The van der Waals surface area contributed by atoms with E-state index >= 15 is 0 Å². The molecular formula is C20H21N7O5S2. The van der Waals surface area contributed by atoms with E-state index in [1.54, 1.807) is 6.92 Å². The number of carboxylic acid groups (broad SMARTS) is 1. The summed E-state index contributed by atoms with van der Waals surface area (Å²) < 4.78 is 4.02. The number of oxime groups is 1. The Morgan fingerprint density at radius 3 is 2.65 bits per heavy atom. The highest BCUT2D eigenvalue weighted by Gasteiger charge is 2.54. The number of thioether (sulfide) groups is 1. The van der Waals surface area contributed by atoms with Gasteiger partial charge in [-0.2, -0.15) is 9.36 Å². The number of carboxylic acids is 1. The maximum atomic E-state index is 13.0. The number of aromatic nitrogens is 2. The van der Waals surface area contributed by atoms with E-state index in [1.807, 2.05) is 24.3 Å². The Bertz CT molecular complexity index is 1190. The third-order valence-electron chi connectivity index (χ3n) is 5.16. The van der Waals surface area contributed by atoms with Crippen LogP contribution in [0.5, 0.6) is 0 Å². The highest BCUT2D eigenvalue weighted by molar-refractivity contribution is 8.00. The molecule has 4 rings (SSSR count). The van der Waals surface area contributed by atoms with E-state index in [-0.39, 0.29) is 29.0 Å². The summed E-state index contributed by atoms with van der Waals surface area (Å²) in [4.78, 5) is 47.8. The van der Waals surface area contributed by atoms with E-state index in [1.165, 1.54) is 16.7 Å². The van der Waals surface area contributed by atoms with Gasteiger partial charge in [0.15, 0.2) is 5.13 Å². The largest absolute Gasteiger partial charge is 0.477 e. The number of nitrogens with zero attached hydrogens (tertiary/aromatic N) is 4. The molecule has 34 heavy (non-hydrogen) atoms. The first-order valence-electron chi connectivity index (χ1n) is 10.1. The number of aliphatic carboxylic acids is 1. The van der Waals surface area contributed by atoms with Crippen LogP contribution < -0.4 is 16.8 Å². The Kier molecular flexibility index (Phi) is 6.81. The predicted octanol–water partition coefficient (Wildman–Crippen LogP) is 0.258. The van der Waals surface area contributed by atoms with Crippen molar-refractivity contribution < 1.29 is 24.3 Å². The third-order valence-corrected chi connectivity index (χ3v) is 7.13. The molecule has 6 N–H and O–H groups in total. The molecule has 12 nitrogen and oxygen atoms in total. The van der Waals surface area contributed by atoms with Crippen LogP contribution in [0.2, 0.25) is 0 Å². The van der Waals surface area contributed by atoms with Gasteiger partial charge in [0.05, 0.1) is 0 Å². The molecule has 2 aliphatic rings. The number of fused-ring (bicyclic) bond motifs is 1. The quantitative estimate of drug-likeness (QED) is 0.221. The molecule has 0 aliphatic carbocycles. The average Bonchev–Trinajstić information content (AvgIpc) is 3.25. The van der Waals surface area contributed by atoms with Gasteiger partial charge in [-0.05, 0) is 23.6 Å². The molecule has 14 heteroatoms. The van der Waals surface area contributed by atoms with Crippen molar-refractivity contribution in [3.8, 4) is 0 Å². The van der Waals surface area contributed by atoms with Gasteiger partial charge in [-0.1, -0.05) is 29.4 Å². The number of hydrogen-bond donors (Lipinski definition) is 4. The van der Waals surface area contributed by atoms with E-state index < -0.39 is 29.2 Å². The lowest BCUT2D eigenvalue weighted by Gasteiger charge is -2.49. The number of β-lactam (4-membered cyclic amide) rings is 1. The first-order valence-corrected chi connectivity index (χ1v) is 11.9. The zero-order valence-corrected chi connectivity index (χ0v) is 19.6. The number of carbonyl (C=O) groups is 3. The average molecular weight is 504 g/mol. The van der Waals surface area contributed by atoms with Crippen LogP contribution in [0.3, 0.4) is 0 Å². The Morgan fingerprint density at radius 2 is 2.03 bits per heavy atom. The molecule has 1 aromatic heterocycles. The minimum atomic E-state index is -1.18. The molecule has 178 valence electrons. The van der Waals surface area contributed by atoms with Gasteiger partial charge in [0.1, 0.15) is 23.7 Å². The highest BCUT2D eigenvalue weighted by Crippen LogP contribution is 2.40. The lowest BCUT2D eigenvalue weighted by atomic mass is 10.0. The van der Waals surface area contributed by atoms with E-state index in [4.69, 9.17) is 16.3 Å². The van der Waals surface area contributed by atoms with Gasteiger partial charge in [0, 0.05) is 23.8 Å². The number of benzene rings is 1. The third kappa shape index (κ3) is 4.60. The molecule has 1 aromatic carbocycles. The zero-order chi connectivity index (χ0) is 24.4. The molecule has 2 aromatic rings. The fourth-order valence-electron chi connectivity index (χ4n) is 3.44. The van der Waals surface area contributed by atoms with Crippen molar-refractivity contribution in [1.82, 2.24) is 19.6 Å². The fraction of sp³-hybridized carbons (Fsp3) is 0.300. The lowest BCUT2D eigenvalue weighted by Crippen LogP contribution is -2.71. The van der Waals surface area contributed by atoms with Crippen molar-refractivity contribution in [3.63, 3.8) is 0 Å². The van der Waals surface area contributed by atoms with Crippen LogP contribution in [-0.2, 0) is 32.4 Å². The fourth-order valence-corrected chi connectivity index (χ4v) is 5.17. The molecule has 2 amide bonds. The minimum Gasteiger partial charge on any atom is -0.477 e. The molecule has 1 fully saturated rings. The summed E-state index contributed by atoms with van der Waals surface area (Å²) in [6.07, 6.45) is 0. The molecule has 0 radical (unpaired) electrons. The summed E-state index contributed by atoms with van der Waals surface area (Å²) in [7, 11) is 0. The Labute approximate surface area is 202 Å². The van der Waals surface area contributed by atoms with E-state index in [0.29, 0.717) is 17.9 Å². The number of carbonyl (C=O) groups excluding carboxylic acids is 2. The van der Waals surface area contributed by atoms with Crippen LogP contribution >= 0.6 is 23.3 Å². The molecule has 1 unspecified atom stereocenters. The zero-order valence-electron chi connectivity index (χ0n) is 17.9. The number of anilines is 1. The summed E-state index contributed by atoms with van der Waals surface area (Å²) in [5, 5.41) is 15.6. The van der Waals surface area contributed by atoms with Gasteiger partial charge in [-0.25, -0.2) is 4.79 Å². The van der Waals surface area contributed by atoms with Crippen molar-refractivity contribution in [2.24, 2.45) is 10.9 Å². The van der Waals surface area contributed by atoms with Crippen LogP contribution in [-0.4, -0.2) is 60.0 Å². The van der Waals surface area contributed by atoms with Crippen LogP contribution in [0, 0.1) is 0 Å². The number of nitrogens with one attached hydrogen (secondary N) is 1. The van der Waals surface area contributed by atoms with Crippen LogP contribution in [0.15, 0.2) is 40.7 Å². The number of rotatable bonds is 8. The lowest BCUT2D eigenvalue weighted by molar-refractivity contribution is -0.150. The molecule has 3 heterocycles. The molecule has 0 bridgehead atoms. The van der Waals surface area contributed by atoms with E-state index in [0.717, 1.165) is 22.7 Å². The summed E-state index contributed by atoms with van der Waals surface area (Å²) in [5.41, 5.74) is 13.3. The second-order valence-electron chi connectivity index (χ2n) is 7.49. The SMILES string of the molecule is CC1=C(C(=O)O)N2C(=O)C(NC(=O)C(=NOCc3ccc(CN)cc3)c3nsc(N)n3)[C@@H]2SC1. The van der Waals surface area contributed by atoms with E-state index in [2.05, 4.69) is 19.8 Å². The molecule has 0 saturated carbocycles. The summed E-state index contributed by atoms with van der Waals surface area (Å²) in [6, 6.07) is 6.44. The summed E-state index contributed by atoms with van der Waals surface area (Å²) in [6.45, 7) is 2.15. The smallest absolute Gasteiger partial charge is 0.352 e. The number of hydrogen-bond acceptors (Lipinski definition) is 11. The number of nitrogen functional groups attached to an aromatic ring is 1. The Morgan fingerprint density at radius 1 is 1.32 bits per heavy atom. The molecule has 1 saturated heterocycles. The maximum absolute atomic E-state index is 13.0. The predicted molar refractivity (Wildman–Crippen MR) is 125 cm³/mol. The summed E-state index contributed by atoms with van der Waals surface area (Å²) >= 11 is 2.25. The van der Waals surface area contributed by atoms with Gasteiger partial charge in [-0.15, -0.1) is 11.8 Å². The van der Waals surface area contributed by atoms with Crippen LogP contribution in [0.4, 0.5) is 5.13 Å². The minimum absolute atomic E-state index is 0.0413. The van der Waals surface area contributed by atoms with Gasteiger partial charge in [0.25, 0.3) is 11.8 Å². The molecule has 2 aliphatic heterocycles. The van der Waals surface area contributed by atoms with Crippen molar-refractivity contribution in [3.05, 3.63) is 52.5 Å².